The molecular formula is C16H13ClN4O2S2. The molecule has 3 aromatic heterocycles. The zero-order chi connectivity index (χ0) is 16.7. The van der Waals surface area contributed by atoms with Crippen LogP contribution in [0.5, 0.6) is 0 Å². The van der Waals surface area contributed by atoms with Crippen LogP contribution in [0.4, 0.5) is 10.8 Å². The van der Waals surface area contributed by atoms with Crippen molar-refractivity contribution >= 4 is 56.8 Å². The molecule has 0 atom stereocenters. The quantitative estimate of drug-likeness (QED) is 0.526. The highest BCUT2D eigenvalue weighted by Gasteiger charge is 2.15. The van der Waals surface area contributed by atoms with Gasteiger partial charge in [0.2, 0.25) is 0 Å². The van der Waals surface area contributed by atoms with Gasteiger partial charge in [0, 0.05) is 22.6 Å². The molecule has 9 heteroatoms. The fourth-order valence-electron chi connectivity index (χ4n) is 2.50. The average Bonchev–Trinajstić information content (AvgIpc) is 3.24. The monoisotopic (exact) mass is 392 g/mol. The lowest BCUT2D eigenvalue weighted by atomic mass is 10.2. The van der Waals surface area contributed by atoms with Gasteiger partial charge in [-0.05, 0) is 25.1 Å². The van der Waals surface area contributed by atoms with Gasteiger partial charge < -0.3 is 10.4 Å². The standard InChI is InChI=1S/C16H12N4O2S2.ClH/c1-9-13(20-5-6-23-16(20)17-9)12-8-24-15(19-12)18-11-4-2-3-10(7-11)14(21)22;/h2-8H,1H3,(H,18,19)(H,21,22);1H. The van der Waals surface area contributed by atoms with Gasteiger partial charge in [-0.25, -0.2) is 14.8 Å². The molecule has 3 heterocycles. The molecule has 4 aromatic rings. The zero-order valence-corrected chi connectivity index (χ0v) is 15.4. The first kappa shape index (κ1) is 17.4. The third kappa shape index (κ3) is 3.23. The Balaban J connectivity index is 0.00000182. The zero-order valence-electron chi connectivity index (χ0n) is 13.0. The molecule has 128 valence electrons. The van der Waals surface area contributed by atoms with Gasteiger partial charge in [-0.15, -0.1) is 35.1 Å². The maximum atomic E-state index is 11.1. The normalized spacial score (nSPS) is 10.6. The highest BCUT2D eigenvalue weighted by atomic mass is 35.5. The second-order valence-electron chi connectivity index (χ2n) is 5.15. The van der Waals surface area contributed by atoms with Crippen molar-refractivity contribution in [3.8, 4) is 11.4 Å². The molecule has 0 aliphatic rings. The number of carboxylic acids is 1. The molecule has 0 aliphatic carbocycles. The number of aryl methyl sites for hydroxylation is 1. The summed E-state index contributed by atoms with van der Waals surface area (Å²) >= 11 is 3.06. The topological polar surface area (TPSA) is 79.5 Å². The summed E-state index contributed by atoms with van der Waals surface area (Å²) in [4.78, 5) is 21.1. The molecular weight excluding hydrogens is 380 g/mol. The van der Waals surface area contributed by atoms with Crippen molar-refractivity contribution in [2.45, 2.75) is 6.92 Å². The number of anilines is 2. The number of hydrogen-bond acceptors (Lipinski definition) is 6. The summed E-state index contributed by atoms with van der Waals surface area (Å²) in [7, 11) is 0. The highest BCUT2D eigenvalue weighted by molar-refractivity contribution is 7.15. The maximum absolute atomic E-state index is 11.1. The second-order valence-corrected chi connectivity index (χ2v) is 6.88. The fourth-order valence-corrected chi connectivity index (χ4v) is 3.97. The Hall–Kier alpha value is -2.42. The summed E-state index contributed by atoms with van der Waals surface area (Å²) in [5, 5.41) is 16.9. The van der Waals surface area contributed by atoms with Crippen molar-refractivity contribution in [1.82, 2.24) is 14.4 Å². The van der Waals surface area contributed by atoms with E-state index in [1.54, 1.807) is 29.5 Å². The SMILES string of the molecule is Cc1nc2sccn2c1-c1csc(Nc2cccc(C(=O)O)c2)n1.Cl. The molecule has 25 heavy (non-hydrogen) atoms. The number of aromatic carboxylic acids is 1. The van der Waals surface area contributed by atoms with Crippen LogP contribution in [0.3, 0.4) is 0 Å². The summed E-state index contributed by atoms with van der Waals surface area (Å²) in [5.41, 5.74) is 3.70. The minimum absolute atomic E-state index is 0. The van der Waals surface area contributed by atoms with E-state index in [1.165, 1.54) is 11.3 Å². The second kappa shape index (κ2) is 6.83. The third-order valence-corrected chi connectivity index (χ3v) is 5.06. The number of hydrogen-bond donors (Lipinski definition) is 2. The highest BCUT2D eigenvalue weighted by Crippen LogP contribution is 2.31. The number of rotatable bonds is 4. The van der Waals surface area contributed by atoms with E-state index in [-0.39, 0.29) is 18.0 Å². The van der Waals surface area contributed by atoms with Crippen molar-refractivity contribution in [1.29, 1.82) is 0 Å². The van der Waals surface area contributed by atoms with Crippen LogP contribution in [-0.2, 0) is 0 Å². The molecule has 0 aliphatic heterocycles. The van der Waals surface area contributed by atoms with Crippen molar-refractivity contribution < 1.29 is 9.90 Å². The van der Waals surface area contributed by atoms with E-state index >= 15 is 0 Å². The Bertz CT molecular complexity index is 1050. The van der Waals surface area contributed by atoms with Gasteiger partial charge in [-0.3, -0.25) is 4.40 Å². The summed E-state index contributed by atoms with van der Waals surface area (Å²) in [6.07, 6.45) is 1.98. The maximum Gasteiger partial charge on any atom is 0.335 e. The van der Waals surface area contributed by atoms with Crippen molar-refractivity contribution in [2.75, 3.05) is 5.32 Å². The third-order valence-electron chi connectivity index (χ3n) is 3.54. The number of imidazole rings is 1. The first-order chi connectivity index (χ1) is 11.6. The molecule has 0 saturated heterocycles. The lowest BCUT2D eigenvalue weighted by molar-refractivity contribution is 0.0697. The number of fused-ring (bicyclic) bond motifs is 1. The minimum atomic E-state index is -0.951. The van der Waals surface area contributed by atoms with Crippen LogP contribution in [0.2, 0.25) is 0 Å². The van der Waals surface area contributed by atoms with Gasteiger partial charge in [0.1, 0.15) is 5.69 Å². The summed E-state index contributed by atoms with van der Waals surface area (Å²) in [6.45, 7) is 1.97. The molecule has 0 bridgehead atoms. The summed E-state index contributed by atoms with van der Waals surface area (Å²) < 4.78 is 2.03. The van der Waals surface area contributed by atoms with E-state index in [9.17, 15) is 4.79 Å². The van der Waals surface area contributed by atoms with Crippen LogP contribution in [0.25, 0.3) is 16.3 Å². The van der Waals surface area contributed by atoms with Gasteiger partial charge in [-0.2, -0.15) is 0 Å². The number of benzene rings is 1. The Morgan fingerprint density at radius 2 is 2.12 bits per heavy atom. The predicted octanol–water partition coefficient (Wildman–Crippen LogP) is 4.69. The largest absolute Gasteiger partial charge is 0.478 e. The molecule has 6 nitrogen and oxygen atoms in total. The summed E-state index contributed by atoms with van der Waals surface area (Å²) in [5.74, 6) is -0.951. The average molecular weight is 393 g/mol. The van der Waals surface area contributed by atoms with E-state index in [0.29, 0.717) is 10.8 Å². The number of carboxylic acid groups (broad SMARTS) is 1. The van der Waals surface area contributed by atoms with E-state index in [2.05, 4.69) is 15.3 Å². The number of carbonyl (C=O) groups is 1. The predicted molar refractivity (Wildman–Crippen MR) is 103 cm³/mol. The van der Waals surface area contributed by atoms with Crippen LogP contribution < -0.4 is 5.32 Å². The first-order valence-corrected chi connectivity index (χ1v) is 8.86. The Labute approximate surface area is 157 Å². The Morgan fingerprint density at radius 3 is 2.92 bits per heavy atom. The van der Waals surface area contributed by atoms with Gasteiger partial charge in [0.25, 0.3) is 0 Å². The molecule has 0 radical (unpaired) electrons. The lowest BCUT2D eigenvalue weighted by Gasteiger charge is -2.03. The number of nitrogens with one attached hydrogen (secondary N) is 1. The molecule has 0 fully saturated rings. The Morgan fingerprint density at radius 1 is 1.28 bits per heavy atom. The van der Waals surface area contributed by atoms with E-state index in [0.717, 1.165) is 22.0 Å². The number of nitrogens with zero attached hydrogens (tertiary/aromatic N) is 3. The van der Waals surface area contributed by atoms with Crippen LogP contribution in [0.15, 0.2) is 41.2 Å². The molecule has 1 aromatic carbocycles. The van der Waals surface area contributed by atoms with Crippen LogP contribution >= 0.6 is 35.1 Å². The van der Waals surface area contributed by atoms with E-state index < -0.39 is 5.97 Å². The molecule has 0 saturated carbocycles. The molecule has 0 amide bonds. The molecule has 0 unspecified atom stereocenters. The van der Waals surface area contributed by atoms with Gasteiger partial charge in [0.05, 0.1) is 17.0 Å². The first-order valence-electron chi connectivity index (χ1n) is 7.10. The van der Waals surface area contributed by atoms with Gasteiger partial charge in [0.15, 0.2) is 10.1 Å². The molecule has 0 spiro atoms. The van der Waals surface area contributed by atoms with E-state index in [1.807, 2.05) is 34.3 Å². The van der Waals surface area contributed by atoms with Crippen molar-refractivity contribution in [3.05, 3.63) is 52.5 Å². The smallest absolute Gasteiger partial charge is 0.335 e. The number of aromatic nitrogens is 3. The van der Waals surface area contributed by atoms with Gasteiger partial charge in [-0.1, -0.05) is 6.07 Å². The Kier molecular flexibility index (Phi) is 4.76. The van der Waals surface area contributed by atoms with E-state index in [4.69, 9.17) is 5.11 Å². The number of thiazole rings is 2. The minimum Gasteiger partial charge on any atom is -0.478 e. The molecule has 4 rings (SSSR count). The van der Waals surface area contributed by atoms with Crippen LogP contribution in [0, 0.1) is 6.92 Å². The number of halogens is 1. The van der Waals surface area contributed by atoms with Gasteiger partial charge >= 0.3 is 5.97 Å². The van der Waals surface area contributed by atoms with Crippen molar-refractivity contribution in [3.63, 3.8) is 0 Å². The van der Waals surface area contributed by atoms with Crippen molar-refractivity contribution in [2.24, 2.45) is 0 Å². The summed E-state index contributed by atoms with van der Waals surface area (Å²) in [6, 6.07) is 6.67. The van der Waals surface area contributed by atoms with Crippen LogP contribution in [-0.4, -0.2) is 25.4 Å². The molecule has 2 N–H and O–H groups in total. The van der Waals surface area contributed by atoms with Crippen LogP contribution in [0.1, 0.15) is 16.1 Å². The fraction of sp³-hybridized carbons (Fsp3) is 0.0625. The lowest BCUT2D eigenvalue weighted by Crippen LogP contribution is -1.97.